The minimum Gasteiger partial charge on any atom is -0.339 e. The first-order valence-corrected chi connectivity index (χ1v) is 8.09. The Balaban J connectivity index is 1.61. The maximum atomic E-state index is 12.6. The summed E-state index contributed by atoms with van der Waals surface area (Å²) in [4.78, 5) is 18.5. The maximum absolute atomic E-state index is 12.6. The van der Waals surface area contributed by atoms with E-state index in [2.05, 4.69) is 9.55 Å². The number of carbonyl (C=O) groups is 1. The van der Waals surface area contributed by atoms with Crippen LogP contribution in [-0.2, 0) is 6.54 Å². The van der Waals surface area contributed by atoms with Gasteiger partial charge in [-0.1, -0.05) is 23.2 Å². The van der Waals surface area contributed by atoms with Crippen molar-refractivity contribution in [1.82, 2.24) is 14.5 Å². The Bertz CT molecular complexity index is 649. The molecule has 0 atom stereocenters. The lowest BCUT2D eigenvalue weighted by atomic mass is 9.96. The smallest absolute Gasteiger partial charge is 0.255 e. The predicted octanol–water partition coefficient (Wildman–Crippen LogP) is 3.74. The molecule has 1 aliphatic heterocycles. The summed E-state index contributed by atoms with van der Waals surface area (Å²) >= 11 is 12.1. The highest BCUT2D eigenvalue weighted by atomic mass is 35.5. The molecule has 0 aliphatic carbocycles. The van der Waals surface area contributed by atoms with E-state index in [-0.39, 0.29) is 5.91 Å². The van der Waals surface area contributed by atoms with Crippen LogP contribution in [0.3, 0.4) is 0 Å². The number of benzene rings is 1. The van der Waals surface area contributed by atoms with Crippen molar-refractivity contribution in [2.75, 3.05) is 13.1 Å². The van der Waals surface area contributed by atoms with E-state index in [1.165, 1.54) is 0 Å². The molecular formula is C16H17Cl2N3O. The zero-order valence-electron chi connectivity index (χ0n) is 12.1. The van der Waals surface area contributed by atoms with Crippen LogP contribution in [0.2, 0.25) is 10.0 Å². The summed E-state index contributed by atoms with van der Waals surface area (Å²) in [7, 11) is 0. The van der Waals surface area contributed by atoms with Gasteiger partial charge in [0.25, 0.3) is 5.91 Å². The average molecular weight is 338 g/mol. The highest BCUT2D eigenvalue weighted by molar-refractivity contribution is 6.35. The molecule has 4 nitrogen and oxygen atoms in total. The number of hydrogen-bond donors (Lipinski definition) is 0. The standard InChI is InChI=1S/C16H17Cl2N3O/c17-13-1-2-15(18)14(9-13)16(22)21-6-3-12(4-7-21)10-20-8-5-19-11-20/h1-2,5,8-9,11-12H,3-4,6-7,10H2. The van der Waals surface area contributed by atoms with Gasteiger partial charge in [-0.2, -0.15) is 0 Å². The number of carbonyl (C=O) groups excluding carboxylic acids is 1. The first-order chi connectivity index (χ1) is 10.6. The highest BCUT2D eigenvalue weighted by Crippen LogP contribution is 2.25. The quantitative estimate of drug-likeness (QED) is 0.855. The molecular weight excluding hydrogens is 321 g/mol. The van der Waals surface area contributed by atoms with Crippen LogP contribution in [0.4, 0.5) is 0 Å². The summed E-state index contributed by atoms with van der Waals surface area (Å²) in [6.45, 7) is 2.46. The Labute approximate surface area is 139 Å². The Morgan fingerprint density at radius 1 is 1.27 bits per heavy atom. The topological polar surface area (TPSA) is 38.1 Å². The third-order valence-electron chi connectivity index (χ3n) is 4.09. The van der Waals surface area contributed by atoms with Gasteiger partial charge in [-0.3, -0.25) is 4.79 Å². The Morgan fingerprint density at radius 3 is 2.73 bits per heavy atom. The Kier molecular flexibility index (Phi) is 4.69. The molecule has 2 aromatic rings. The van der Waals surface area contributed by atoms with Crippen molar-refractivity contribution in [3.63, 3.8) is 0 Å². The lowest BCUT2D eigenvalue weighted by molar-refractivity contribution is 0.0683. The van der Waals surface area contributed by atoms with Gasteiger partial charge in [-0.05, 0) is 37.0 Å². The van der Waals surface area contributed by atoms with Crippen LogP contribution in [0.15, 0.2) is 36.9 Å². The summed E-state index contributed by atoms with van der Waals surface area (Å²) < 4.78 is 2.09. The van der Waals surface area contributed by atoms with Crippen LogP contribution in [-0.4, -0.2) is 33.4 Å². The summed E-state index contributed by atoms with van der Waals surface area (Å²) in [6, 6.07) is 5.00. The fourth-order valence-electron chi connectivity index (χ4n) is 2.84. The van der Waals surface area contributed by atoms with E-state index in [1.54, 1.807) is 24.4 Å². The van der Waals surface area contributed by atoms with Gasteiger partial charge in [0.1, 0.15) is 0 Å². The van der Waals surface area contributed by atoms with Crippen molar-refractivity contribution < 1.29 is 4.79 Å². The van der Waals surface area contributed by atoms with E-state index in [4.69, 9.17) is 23.2 Å². The second-order valence-electron chi connectivity index (χ2n) is 5.62. The molecule has 1 aromatic heterocycles. The fraction of sp³-hybridized carbons (Fsp3) is 0.375. The molecule has 1 aromatic carbocycles. The van der Waals surface area contributed by atoms with Crippen LogP contribution in [0, 0.1) is 5.92 Å². The number of imidazole rings is 1. The van der Waals surface area contributed by atoms with Gasteiger partial charge in [0.15, 0.2) is 0 Å². The number of piperidine rings is 1. The molecule has 6 heteroatoms. The first kappa shape index (κ1) is 15.4. The summed E-state index contributed by atoms with van der Waals surface area (Å²) in [5.74, 6) is 0.543. The minimum atomic E-state index is -0.0337. The van der Waals surface area contributed by atoms with Gasteiger partial charge in [0.2, 0.25) is 0 Å². The number of amides is 1. The molecule has 0 spiro atoms. The molecule has 0 radical (unpaired) electrons. The van der Waals surface area contributed by atoms with E-state index in [0.29, 0.717) is 21.5 Å². The summed E-state index contributed by atoms with van der Waals surface area (Å²) in [5, 5.41) is 0.984. The van der Waals surface area contributed by atoms with Crippen molar-refractivity contribution in [2.45, 2.75) is 19.4 Å². The zero-order chi connectivity index (χ0) is 15.5. The van der Waals surface area contributed by atoms with Crippen LogP contribution < -0.4 is 0 Å². The number of hydrogen-bond acceptors (Lipinski definition) is 2. The van der Waals surface area contributed by atoms with E-state index in [1.807, 2.05) is 17.4 Å². The van der Waals surface area contributed by atoms with Crippen LogP contribution in [0.1, 0.15) is 23.2 Å². The van der Waals surface area contributed by atoms with E-state index in [0.717, 1.165) is 32.5 Å². The molecule has 1 aliphatic rings. The molecule has 116 valence electrons. The lowest BCUT2D eigenvalue weighted by Crippen LogP contribution is -2.39. The maximum Gasteiger partial charge on any atom is 0.255 e. The molecule has 1 saturated heterocycles. The summed E-state index contributed by atoms with van der Waals surface area (Å²) in [5.41, 5.74) is 0.488. The molecule has 0 N–H and O–H groups in total. The molecule has 0 saturated carbocycles. The number of aromatic nitrogens is 2. The van der Waals surface area contributed by atoms with Crippen molar-refractivity contribution >= 4 is 29.1 Å². The Hall–Kier alpha value is -1.52. The molecule has 22 heavy (non-hydrogen) atoms. The minimum absolute atomic E-state index is 0.0337. The molecule has 1 fully saturated rings. The van der Waals surface area contributed by atoms with Gasteiger partial charge in [0.05, 0.1) is 16.9 Å². The van der Waals surface area contributed by atoms with Crippen molar-refractivity contribution in [2.24, 2.45) is 5.92 Å². The third kappa shape index (κ3) is 3.45. The van der Waals surface area contributed by atoms with Gasteiger partial charge < -0.3 is 9.47 Å². The van der Waals surface area contributed by atoms with Crippen molar-refractivity contribution in [3.05, 3.63) is 52.5 Å². The van der Waals surface area contributed by atoms with Crippen LogP contribution in [0.5, 0.6) is 0 Å². The summed E-state index contributed by atoms with van der Waals surface area (Å²) in [6.07, 6.45) is 7.58. The van der Waals surface area contributed by atoms with Gasteiger partial charge in [-0.15, -0.1) is 0 Å². The van der Waals surface area contributed by atoms with Gasteiger partial charge >= 0.3 is 0 Å². The van der Waals surface area contributed by atoms with E-state index < -0.39 is 0 Å². The molecule has 2 heterocycles. The second kappa shape index (κ2) is 6.71. The average Bonchev–Trinajstić information content (AvgIpc) is 3.03. The van der Waals surface area contributed by atoms with Crippen LogP contribution >= 0.6 is 23.2 Å². The molecule has 1 amide bonds. The van der Waals surface area contributed by atoms with Gasteiger partial charge in [-0.25, -0.2) is 4.98 Å². The predicted molar refractivity (Wildman–Crippen MR) is 87.3 cm³/mol. The lowest BCUT2D eigenvalue weighted by Gasteiger charge is -2.32. The number of nitrogens with zero attached hydrogens (tertiary/aromatic N) is 3. The Morgan fingerprint density at radius 2 is 2.05 bits per heavy atom. The number of likely N-dealkylation sites (tertiary alicyclic amines) is 1. The van der Waals surface area contributed by atoms with Crippen molar-refractivity contribution in [1.29, 1.82) is 0 Å². The normalized spacial score (nSPS) is 16.0. The number of rotatable bonds is 3. The third-order valence-corrected chi connectivity index (χ3v) is 4.65. The van der Waals surface area contributed by atoms with Crippen molar-refractivity contribution in [3.8, 4) is 0 Å². The largest absolute Gasteiger partial charge is 0.339 e. The van der Waals surface area contributed by atoms with E-state index in [9.17, 15) is 4.79 Å². The SMILES string of the molecule is O=C(c1cc(Cl)ccc1Cl)N1CCC(Cn2ccnc2)CC1. The monoisotopic (exact) mass is 337 g/mol. The first-order valence-electron chi connectivity index (χ1n) is 7.33. The van der Waals surface area contributed by atoms with E-state index >= 15 is 0 Å². The van der Waals surface area contributed by atoms with Gasteiger partial charge in [0, 0.05) is 37.1 Å². The zero-order valence-corrected chi connectivity index (χ0v) is 13.6. The number of halogens is 2. The molecule has 0 unspecified atom stereocenters. The van der Waals surface area contributed by atoms with Crippen LogP contribution in [0.25, 0.3) is 0 Å². The fourth-order valence-corrected chi connectivity index (χ4v) is 3.21. The molecule has 3 rings (SSSR count). The molecule has 0 bridgehead atoms. The second-order valence-corrected chi connectivity index (χ2v) is 6.46. The highest BCUT2D eigenvalue weighted by Gasteiger charge is 2.25.